The minimum absolute atomic E-state index is 0.112. The van der Waals surface area contributed by atoms with Crippen molar-refractivity contribution in [2.75, 3.05) is 24.7 Å². The molecule has 2 aromatic rings. The Morgan fingerprint density at radius 1 is 1.08 bits per heavy atom. The lowest BCUT2D eigenvalue weighted by Gasteiger charge is -2.22. The lowest BCUT2D eigenvalue weighted by molar-refractivity contribution is -0.139. The van der Waals surface area contributed by atoms with Crippen LogP contribution in [0.1, 0.15) is 6.42 Å². The highest BCUT2D eigenvalue weighted by Gasteiger charge is 2.36. The summed E-state index contributed by atoms with van der Waals surface area (Å²) in [7, 11) is 0. The normalized spacial score (nSPS) is 18.7. The molecule has 0 N–H and O–H groups in total. The maximum absolute atomic E-state index is 12.4. The fourth-order valence-electron chi connectivity index (χ4n) is 3.02. The van der Waals surface area contributed by atoms with E-state index in [1.165, 1.54) is 0 Å². The third-order valence-electron chi connectivity index (χ3n) is 4.33. The number of anilines is 1. The average Bonchev–Trinajstić information content (AvgIpc) is 3.05. The second-order valence-electron chi connectivity index (χ2n) is 6.11. The molecule has 1 unspecified atom stereocenters. The topological polar surface area (TPSA) is 65.1 Å². The lowest BCUT2D eigenvalue weighted by atomic mass is 10.1. The predicted molar refractivity (Wildman–Crippen MR) is 95.0 cm³/mol. The molecule has 1 fully saturated rings. The molecule has 0 aliphatic carbocycles. The number of nitrogens with zero attached hydrogens (tertiary/aromatic N) is 1. The molecule has 0 spiro atoms. The van der Waals surface area contributed by atoms with E-state index < -0.39 is 11.9 Å². The zero-order valence-electron chi connectivity index (χ0n) is 13.8. The standard InChI is InChI=1S/C19H16ClNO5/c20-13-1-4-15(5-2-13)26-19(23)12-9-18(22)21(11-12)14-3-6-16-17(10-14)25-8-7-24-16/h1-6,10,12H,7-9,11H2. The fourth-order valence-corrected chi connectivity index (χ4v) is 3.14. The predicted octanol–water partition coefficient (Wildman–Crippen LogP) is 3.07. The number of carbonyl (C=O) groups excluding carboxylic acids is 2. The van der Waals surface area contributed by atoms with E-state index in [1.54, 1.807) is 47.4 Å². The van der Waals surface area contributed by atoms with Crippen LogP contribution in [0.4, 0.5) is 5.69 Å². The van der Waals surface area contributed by atoms with Gasteiger partial charge in [0, 0.05) is 29.7 Å². The number of esters is 1. The van der Waals surface area contributed by atoms with Crippen molar-refractivity contribution in [3.05, 3.63) is 47.5 Å². The number of halogens is 1. The zero-order chi connectivity index (χ0) is 18.1. The minimum atomic E-state index is -0.522. The van der Waals surface area contributed by atoms with Crippen LogP contribution in [-0.2, 0) is 9.59 Å². The SMILES string of the molecule is O=C(Oc1ccc(Cl)cc1)C1CC(=O)N(c2ccc3c(c2)OCCO3)C1. The number of hydrogen-bond donors (Lipinski definition) is 0. The molecule has 1 amide bonds. The van der Waals surface area contributed by atoms with Gasteiger partial charge < -0.3 is 19.1 Å². The van der Waals surface area contributed by atoms with E-state index in [0.29, 0.717) is 41.2 Å². The van der Waals surface area contributed by atoms with Crippen molar-refractivity contribution in [1.29, 1.82) is 0 Å². The summed E-state index contributed by atoms with van der Waals surface area (Å²) in [6.07, 6.45) is 0.112. The van der Waals surface area contributed by atoms with Crippen molar-refractivity contribution in [3.8, 4) is 17.2 Å². The van der Waals surface area contributed by atoms with E-state index in [0.717, 1.165) is 0 Å². The van der Waals surface area contributed by atoms with Crippen LogP contribution in [0, 0.1) is 5.92 Å². The number of hydrogen-bond acceptors (Lipinski definition) is 5. The number of rotatable bonds is 3. The summed E-state index contributed by atoms with van der Waals surface area (Å²) >= 11 is 5.82. The van der Waals surface area contributed by atoms with Gasteiger partial charge in [0.15, 0.2) is 11.5 Å². The average molecular weight is 374 g/mol. The molecule has 0 aromatic heterocycles. The summed E-state index contributed by atoms with van der Waals surface area (Å²) in [4.78, 5) is 26.3. The molecule has 4 rings (SSSR count). The highest BCUT2D eigenvalue weighted by Crippen LogP contribution is 2.36. The van der Waals surface area contributed by atoms with Gasteiger partial charge in [0.2, 0.25) is 5.91 Å². The first-order chi connectivity index (χ1) is 12.6. The minimum Gasteiger partial charge on any atom is -0.486 e. The molecular formula is C19H16ClNO5. The Bertz CT molecular complexity index is 852. The summed E-state index contributed by atoms with van der Waals surface area (Å²) in [5.74, 6) is 0.593. The van der Waals surface area contributed by atoms with Gasteiger partial charge in [-0.2, -0.15) is 0 Å². The lowest BCUT2D eigenvalue weighted by Crippen LogP contribution is -2.27. The fraction of sp³-hybridized carbons (Fsp3) is 0.263. The Kier molecular flexibility index (Phi) is 4.42. The molecule has 26 heavy (non-hydrogen) atoms. The van der Waals surface area contributed by atoms with Gasteiger partial charge in [-0.1, -0.05) is 11.6 Å². The molecule has 0 saturated carbocycles. The Hall–Kier alpha value is -2.73. The third kappa shape index (κ3) is 3.32. The molecule has 2 aromatic carbocycles. The van der Waals surface area contributed by atoms with Crippen LogP contribution in [0.2, 0.25) is 5.02 Å². The maximum atomic E-state index is 12.4. The largest absolute Gasteiger partial charge is 0.486 e. The van der Waals surface area contributed by atoms with Crippen molar-refractivity contribution < 1.29 is 23.8 Å². The van der Waals surface area contributed by atoms with Gasteiger partial charge in [-0.15, -0.1) is 0 Å². The Labute approximate surface area is 155 Å². The molecule has 2 aliphatic heterocycles. The van der Waals surface area contributed by atoms with Crippen LogP contribution in [0.5, 0.6) is 17.2 Å². The second kappa shape index (κ2) is 6.88. The number of fused-ring (bicyclic) bond motifs is 1. The quantitative estimate of drug-likeness (QED) is 0.611. The van der Waals surface area contributed by atoms with Gasteiger partial charge in [-0.05, 0) is 36.4 Å². The van der Waals surface area contributed by atoms with Crippen LogP contribution in [0.25, 0.3) is 0 Å². The number of benzene rings is 2. The molecule has 2 heterocycles. The van der Waals surface area contributed by atoms with Gasteiger partial charge in [0.25, 0.3) is 0 Å². The van der Waals surface area contributed by atoms with Crippen LogP contribution in [-0.4, -0.2) is 31.6 Å². The first-order valence-corrected chi connectivity index (χ1v) is 8.65. The van der Waals surface area contributed by atoms with Crippen molar-refractivity contribution in [2.45, 2.75) is 6.42 Å². The van der Waals surface area contributed by atoms with E-state index in [-0.39, 0.29) is 18.9 Å². The van der Waals surface area contributed by atoms with Crippen molar-refractivity contribution in [2.24, 2.45) is 5.92 Å². The molecule has 7 heteroatoms. The second-order valence-corrected chi connectivity index (χ2v) is 6.54. The molecule has 6 nitrogen and oxygen atoms in total. The molecule has 2 aliphatic rings. The van der Waals surface area contributed by atoms with E-state index >= 15 is 0 Å². The molecule has 1 saturated heterocycles. The van der Waals surface area contributed by atoms with Gasteiger partial charge in [0.05, 0.1) is 5.92 Å². The highest BCUT2D eigenvalue weighted by molar-refractivity contribution is 6.30. The molecular weight excluding hydrogens is 358 g/mol. The van der Waals surface area contributed by atoms with E-state index in [9.17, 15) is 9.59 Å². The summed E-state index contributed by atoms with van der Waals surface area (Å²) < 4.78 is 16.4. The smallest absolute Gasteiger partial charge is 0.316 e. The Morgan fingerprint density at radius 3 is 2.58 bits per heavy atom. The third-order valence-corrected chi connectivity index (χ3v) is 4.58. The van der Waals surface area contributed by atoms with E-state index in [2.05, 4.69) is 0 Å². The highest BCUT2D eigenvalue weighted by atomic mass is 35.5. The van der Waals surface area contributed by atoms with Crippen molar-refractivity contribution >= 4 is 29.2 Å². The van der Waals surface area contributed by atoms with Gasteiger partial charge in [-0.25, -0.2) is 0 Å². The van der Waals surface area contributed by atoms with Crippen LogP contribution in [0.3, 0.4) is 0 Å². The summed E-state index contributed by atoms with van der Waals surface area (Å²) in [5.41, 5.74) is 0.682. The number of amides is 1. The van der Waals surface area contributed by atoms with Crippen LogP contribution < -0.4 is 19.1 Å². The summed E-state index contributed by atoms with van der Waals surface area (Å²) in [6, 6.07) is 11.9. The van der Waals surface area contributed by atoms with E-state index in [4.69, 9.17) is 25.8 Å². The Morgan fingerprint density at radius 2 is 1.81 bits per heavy atom. The first-order valence-electron chi connectivity index (χ1n) is 8.27. The summed E-state index contributed by atoms with van der Waals surface area (Å²) in [5, 5.41) is 0.561. The van der Waals surface area contributed by atoms with Crippen molar-refractivity contribution in [1.82, 2.24) is 0 Å². The van der Waals surface area contributed by atoms with Gasteiger partial charge in [0.1, 0.15) is 19.0 Å². The Balaban J connectivity index is 1.46. The monoisotopic (exact) mass is 373 g/mol. The van der Waals surface area contributed by atoms with Crippen LogP contribution >= 0.6 is 11.6 Å². The first kappa shape index (κ1) is 16.7. The number of ether oxygens (including phenoxy) is 3. The molecule has 134 valence electrons. The molecule has 1 atom stereocenters. The zero-order valence-corrected chi connectivity index (χ0v) is 14.6. The summed E-state index contributed by atoms with van der Waals surface area (Å²) in [6.45, 7) is 1.25. The van der Waals surface area contributed by atoms with Crippen molar-refractivity contribution in [3.63, 3.8) is 0 Å². The van der Waals surface area contributed by atoms with Gasteiger partial charge in [-0.3, -0.25) is 9.59 Å². The maximum Gasteiger partial charge on any atom is 0.316 e. The molecule has 0 radical (unpaired) electrons. The van der Waals surface area contributed by atoms with E-state index in [1.807, 2.05) is 0 Å². The number of carbonyl (C=O) groups is 2. The van der Waals surface area contributed by atoms with Gasteiger partial charge >= 0.3 is 5.97 Å². The van der Waals surface area contributed by atoms with Crippen LogP contribution in [0.15, 0.2) is 42.5 Å². The molecule has 0 bridgehead atoms.